The van der Waals surface area contributed by atoms with Gasteiger partial charge in [0.1, 0.15) is 0 Å². The highest BCUT2D eigenvalue weighted by atomic mass is 35.5. The third kappa shape index (κ3) is 2.24. The van der Waals surface area contributed by atoms with Crippen LogP contribution in [0.25, 0.3) is 10.9 Å². The van der Waals surface area contributed by atoms with Gasteiger partial charge in [0.05, 0.1) is 11.2 Å². The van der Waals surface area contributed by atoms with Crippen molar-refractivity contribution in [2.45, 2.75) is 0 Å². The Hall–Kier alpha value is -2.01. The topological polar surface area (TPSA) is 88.2 Å². The maximum Gasteiger partial charge on any atom is 0.354 e. The molecule has 17 heavy (non-hydrogen) atoms. The van der Waals surface area contributed by atoms with E-state index in [2.05, 4.69) is 10.3 Å². The van der Waals surface area contributed by atoms with Crippen LogP contribution < -0.4 is 11.1 Å². The Morgan fingerprint density at radius 1 is 1.47 bits per heavy atom. The Morgan fingerprint density at radius 2 is 2.18 bits per heavy atom. The van der Waals surface area contributed by atoms with Gasteiger partial charge in [-0.15, -0.1) is 12.4 Å². The molecule has 0 amide bonds. The molecule has 2 aromatic rings. The average Bonchev–Trinajstić information content (AvgIpc) is 2.28. The minimum atomic E-state index is -1.07. The van der Waals surface area contributed by atoms with E-state index < -0.39 is 5.97 Å². The molecule has 1 aromatic carbocycles. The van der Waals surface area contributed by atoms with E-state index in [1.165, 1.54) is 6.07 Å². The SMILES string of the molecule is CNc1cc(C(=O)O)nc2c(N)cccc12.Cl. The summed E-state index contributed by atoms with van der Waals surface area (Å²) < 4.78 is 0. The highest BCUT2D eigenvalue weighted by Crippen LogP contribution is 2.26. The average molecular weight is 254 g/mol. The van der Waals surface area contributed by atoms with Gasteiger partial charge in [-0.25, -0.2) is 9.78 Å². The fourth-order valence-electron chi connectivity index (χ4n) is 1.59. The number of para-hydroxylation sites is 1. The summed E-state index contributed by atoms with van der Waals surface area (Å²) in [6, 6.07) is 6.83. The van der Waals surface area contributed by atoms with E-state index in [9.17, 15) is 4.79 Å². The van der Waals surface area contributed by atoms with Crippen molar-refractivity contribution in [2.75, 3.05) is 18.1 Å². The van der Waals surface area contributed by atoms with Crippen LogP contribution in [0.4, 0.5) is 11.4 Å². The maximum atomic E-state index is 10.9. The second-order valence-corrected chi connectivity index (χ2v) is 3.35. The predicted octanol–water partition coefficient (Wildman–Crippen LogP) is 1.98. The molecule has 0 unspecified atom stereocenters. The molecule has 0 spiro atoms. The van der Waals surface area contributed by atoms with Gasteiger partial charge >= 0.3 is 5.97 Å². The summed E-state index contributed by atoms with van der Waals surface area (Å²) in [6.45, 7) is 0. The number of hydrogen-bond donors (Lipinski definition) is 3. The van der Waals surface area contributed by atoms with Crippen LogP contribution in [0.1, 0.15) is 10.5 Å². The monoisotopic (exact) mass is 253 g/mol. The number of aromatic nitrogens is 1. The number of rotatable bonds is 2. The van der Waals surface area contributed by atoms with Crippen molar-refractivity contribution < 1.29 is 9.90 Å². The van der Waals surface area contributed by atoms with Crippen molar-refractivity contribution in [1.82, 2.24) is 4.98 Å². The summed E-state index contributed by atoms with van der Waals surface area (Å²) in [5.74, 6) is -1.07. The summed E-state index contributed by atoms with van der Waals surface area (Å²) >= 11 is 0. The highest BCUT2D eigenvalue weighted by Gasteiger charge is 2.11. The summed E-state index contributed by atoms with van der Waals surface area (Å²) in [7, 11) is 1.73. The fourth-order valence-corrected chi connectivity index (χ4v) is 1.59. The fraction of sp³-hybridized carbons (Fsp3) is 0.0909. The number of pyridine rings is 1. The molecule has 0 radical (unpaired) electrons. The zero-order valence-corrected chi connectivity index (χ0v) is 9.91. The van der Waals surface area contributed by atoms with Gasteiger partial charge in [-0.1, -0.05) is 12.1 Å². The molecule has 0 bridgehead atoms. The lowest BCUT2D eigenvalue weighted by atomic mass is 10.1. The first-order valence-electron chi connectivity index (χ1n) is 4.73. The Balaban J connectivity index is 0.00000144. The van der Waals surface area contributed by atoms with Crippen LogP contribution in [0.15, 0.2) is 24.3 Å². The summed E-state index contributed by atoms with van der Waals surface area (Å²) in [5.41, 5.74) is 7.43. The molecule has 1 heterocycles. The summed E-state index contributed by atoms with van der Waals surface area (Å²) in [4.78, 5) is 14.9. The summed E-state index contributed by atoms with van der Waals surface area (Å²) in [5, 5.41) is 12.7. The first kappa shape index (κ1) is 13.1. The van der Waals surface area contributed by atoms with E-state index in [1.807, 2.05) is 6.07 Å². The van der Waals surface area contributed by atoms with Crippen molar-refractivity contribution >= 4 is 40.7 Å². The minimum absolute atomic E-state index is 0. The van der Waals surface area contributed by atoms with Crippen LogP contribution >= 0.6 is 12.4 Å². The molecule has 0 aliphatic carbocycles. The number of benzene rings is 1. The van der Waals surface area contributed by atoms with Crippen molar-refractivity contribution in [1.29, 1.82) is 0 Å². The van der Waals surface area contributed by atoms with Gasteiger partial charge in [-0.2, -0.15) is 0 Å². The van der Waals surface area contributed by atoms with Crippen LogP contribution in [-0.4, -0.2) is 23.1 Å². The number of aromatic carboxylic acids is 1. The van der Waals surface area contributed by atoms with Crippen molar-refractivity contribution in [3.05, 3.63) is 30.0 Å². The quantitative estimate of drug-likeness (QED) is 0.712. The molecule has 0 atom stereocenters. The number of halogens is 1. The largest absolute Gasteiger partial charge is 0.477 e. The number of anilines is 2. The molecule has 0 fully saturated rings. The number of carbonyl (C=O) groups is 1. The Labute approximate surface area is 104 Å². The van der Waals surface area contributed by atoms with Gasteiger partial charge in [-0.3, -0.25) is 0 Å². The molecule has 2 rings (SSSR count). The second-order valence-electron chi connectivity index (χ2n) is 3.35. The van der Waals surface area contributed by atoms with Crippen molar-refractivity contribution in [2.24, 2.45) is 0 Å². The van der Waals surface area contributed by atoms with Gasteiger partial charge in [0.2, 0.25) is 0 Å². The van der Waals surface area contributed by atoms with Crippen LogP contribution in [0.5, 0.6) is 0 Å². The van der Waals surface area contributed by atoms with E-state index >= 15 is 0 Å². The van der Waals surface area contributed by atoms with Crippen LogP contribution in [0.2, 0.25) is 0 Å². The first-order valence-corrected chi connectivity index (χ1v) is 4.73. The van der Waals surface area contributed by atoms with Gasteiger partial charge in [0, 0.05) is 18.1 Å². The lowest BCUT2D eigenvalue weighted by molar-refractivity contribution is 0.0691. The minimum Gasteiger partial charge on any atom is -0.477 e. The van der Waals surface area contributed by atoms with Crippen molar-refractivity contribution in [3.63, 3.8) is 0 Å². The molecule has 90 valence electrons. The van der Waals surface area contributed by atoms with Gasteiger partial charge in [0.25, 0.3) is 0 Å². The molecule has 0 aliphatic rings. The highest BCUT2D eigenvalue weighted by molar-refractivity contribution is 6.01. The van der Waals surface area contributed by atoms with Crippen LogP contribution in [0.3, 0.4) is 0 Å². The van der Waals surface area contributed by atoms with E-state index in [1.54, 1.807) is 19.2 Å². The number of carboxylic acid groups (broad SMARTS) is 1. The molecule has 0 aliphatic heterocycles. The van der Waals surface area contributed by atoms with E-state index in [0.717, 1.165) is 5.39 Å². The molecular weight excluding hydrogens is 242 g/mol. The van der Waals surface area contributed by atoms with Gasteiger partial charge in [-0.05, 0) is 12.1 Å². The van der Waals surface area contributed by atoms with E-state index in [4.69, 9.17) is 10.8 Å². The zero-order valence-electron chi connectivity index (χ0n) is 9.10. The van der Waals surface area contributed by atoms with Gasteiger partial charge < -0.3 is 16.2 Å². The molecule has 1 aromatic heterocycles. The van der Waals surface area contributed by atoms with E-state index in [-0.39, 0.29) is 18.1 Å². The van der Waals surface area contributed by atoms with Crippen LogP contribution in [-0.2, 0) is 0 Å². The third-order valence-electron chi connectivity index (χ3n) is 2.36. The lowest BCUT2D eigenvalue weighted by Crippen LogP contribution is -2.04. The Morgan fingerprint density at radius 3 is 2.76 bits per heavy atom. The second kappa shape index (κ2) is 4.88. The van der Waals surface area contributed by atoms with Crippen LogP contribution in [0, 0.1) is 0 Å². The maximum absolute atomic E-state index is 10.9. The normalized spacial score (nSPS) is 9.71. The molecule has 0 saturated carbocycles. The molecule has 0 saturated heterocycles. The number of fused-ring (bicyclic) bond motifs is 1. The van der Waals surface area contributed by atoms with Crippen molar-refractivity contribution in [3.8, 4) is 0 Å². The lowest BCUT2D eigenvalue weighted by Gasteiger charge is -2.08. The molecular formula is C11H12ClN3O2. The molecule has 6 heteroatoms. The predicted molar refractivity (Wildman–Crippen MR) is 69.9 cm³/mol. The Bertz CT molecular complexity index is 572. The van der Waals surface area contributed by atoms with Gasteiger partial charge in [0.15, 0.2) is 5.69 Å². The number of nitrogens with one attached hydrogen (secondary N) is 1. The Kier molecular flexibility index (Phi) is 3.75. The standard InChI is InChI=1S/C11H11N3O2.ClH/c1-13-8-5-9(11(15)16)14-10-6(8)3-2-4-7(10)12;/h2-5H,12H2,1H3,(H,13,14)(H,15,16);1H. The zero-order chi connectivity index (χ0) is 11.7. The molecule has 5 nitrogen and oxygen atoms in total. The smallest absolute Gasteiger partial charge is 0.354 e. The first-order chi connectivity index (χ1) is 7.63. The molecule has 4 N–H and O–H groups in total. The summed E-state index contributed by atoms with van der Waals surface area (Å²) in [6.07, 6.45) is 0. The number of hydrogen-bond acceptors (Lipinski definition) is 4. The number of nitrogens with two attached hydrogens (primary N) is 1. The third-order valence-corrected chi connectivity index (χ3v) is 2.36. The number of nitrogen functional groups attached to an aromatic ring is 1. The number of carboxylic acids is 1. The number of nitrogens with zero attached hydrogens (tertiary/aromatic N) is 1. The van der Waals surface area contributed by atoms with E-state index in [0.29, 0.717) is 16.9 Å².